The molecule has 0 bridgehead atoms. The molecule has 1 aliphatic heterocycles. The number of carbonyl (C=O) groups excluding carboxylic acids is 1. The highest BCUT2D eigenvalue weighted by Crippen LogP contribution is 2.31. The number of hydrogen-bond acceptors (Lipinski definition) is 7. The third kappa shape index (κ3) is 5.69. The number of rotatable bonds is 10. The molecule has 1 saturated heterocycles. The van der Waals surface area contributed by atoms with Gasteiger partial charge >= 0.3 is 0 Å². The molecule has 1 fully saturated rings. The fourth-order valence-corrected chi connectivity index (χ4v) is 7.42. The van der Waals surface area contributed by atoms with E-state index in [1.807, 2.05) is 71.1 Å². The zero-order valence-corrected chi connectivity index (χ0v) is 25.3. The number of benzene rings is 4. The number of anilines is 1. The van der Waals surface area contributed by atoms with E-state index in [-0.39, 0.29) is 10.7 Å². The minimum absolute atomic E-state index is 0.0353. The number of imidazole rings is 1. The van der Waals surface area contributed by atoms with Crippen LogP contribution in [0.1, 0.15) is 17.0 Å². The molecule has 10 nitrogen and oxygen atoms in total. The molecule has 44 heavy (non-hydrogen) atoms. The van der Waals surface area contributed by atoms with Crippen molar-refractivity contribution < 1.29 is 13.2 Å². The predicted molar refractivity (Wildman–Crippen MR) is 173 cm³/mol. The van der Waals surface area contributed by atoms with Crippen LogP contribution in [0.5, 0.6) is 0 Å². The lowest BCUT2D eigenvalue weighted by molar-refractivity contribution is -0.112. The average Bonchev–Trinajstić information content (AvgIpc) is 3.36. The van der Waals surface area contributed by atoms with Crippen molar-refractivity contribution in [2.45, 2.75) is 23.9 Å². The van der Waals surface area contributed by atoms with Crippen LogP contribution in [0.3, 0.4) is 0 Å². The Kier molecular flexibility index (Phi) is 8.17. The van der Waals surface area contributed by atoms with Crippen LogP contribution in [-0.4, -0.2) is 67.3 Å². The molecule has 0 radical (unpaired) electrons. The number of piperazine rings is 1. The molecule has 1 unspecified atom stereocenters. The molecule has 4 aromatic carbocycles. The second kappa shape index (κ2) is 12.2. The Morgan fingerprint density at radius 3 is 2.43 bits per heavy atom. The number of amidine groups is 1. The van der Waals surface area contributed by atoms with Gasteiger partial charge in [-0.05, 0) is 53.1 Å². The first-order valence-corrected chi connectivity index (χ1v) is 16.0. The molecule has 2 heterocycles. The Bertz CT molecular complexity index is 1950. The number of aldehydes is 1. The fourth-order valence-electron chi connectivity index (χ4n) is 5.82. The quantitative estimate of drug-likeness (QED) is 0.125. The highest BCUT2D eigenvalue weighted by molar-refractivity contribution is 7.93. The predicted octanol–water partition coefficient (Wildman–Crippen LogP) is 3.42. The number of hydrogen-bond donors (Lipinski definition) is 3. The summed E-state index contributed by atoms with van der Waals surface area (Å²) in [6.45, 7) is 2.40. The summed E-state index contributed by atoms with van der Waals surface area (Å²) in [5.74, 6) is 0.888. The Labute approximate surface area is 256 Å². The second-order valence-corrected chi connectivity index (χ2v) is 12.8. The van der Waals surface area contributed by atoms with Crippen LogP contribution in [0.4, 0.5) is 5.69 Å². The lowest BCUT2D eigenvalue weighted by Gasteiger charge is -2.39. The maximum absolute atomic E-state index is 14.4. The number of aromatic nitrogens is 2. The largest absolute Gasteiger partial charge is 0.384 e. The summed E-state index contributed by atoms with van der Waals surface area (Å²) in [6.07, 6.45) is 1.10. The summed E-state index contributed by atoms with van der Waals surface area (Å²) >= 11 is 0. The van der Waals surface area contributed by atoms with Crippen molar-refractivity contribution in [3.8, 4) is 0 Å². The van der Waals surface area contributed by atoms with Gasteiger partial charge in [-0.15, -0.1) is 0 Å². The normalized spacial score (nSPS) is 14.9. The average molecular weight is 610 g/mol. The third-order valence-corrected chi connectivity index (χ3v) is 10.1. The van der Waals surface area contributed by atoms with Gasteiger partial charge in [-0.3, -0.25) is 15.1 Å². The van der Waals surface area contributed by atoms with E-state index >= 15 is 0 Å². The van der Waals surface area contributed by atoms with Crippen LogP contribution in [0.2, 0.25) is 0 Å². The number of nitrogen functional groups attached to an aromatic ring is 1. The van der Waals surface area contributed by atoms with E-state index < -0.39 is 16.2 Å². The molecular weight excluding hydrogens is 574 g/mol. The summed E-state index contributed by atoms with van der Waals surface area (Å²) in [4.78, 5) is 19.6. The summed E-state index contributed by atoms with van der Waals surface area (Å²) in [5, 5.41) is 12.6. The zero-order chi connectivity index (χ0) is 30.8. The molecule has 226 valence electrons. The van der Waals surface area contributed by atoms with Crippen molar-refractivity contribution in [2.75, 3.05) is 30.5 Å². The van der Waals surface area contributed by atoms with E-state index in [1.54, 1.807) is 30.3 Å². The molecular formula is C33H35N7O3S. The summed E-state index contributed by atoms with van der Waals surface area (Å²) in [7, 11) is -2.21. The first kappa shape index (κ1) is 29.5. The maximum Gasteiger partial charge on any atom is 0.266 e. The molecule has 11 heteroatoms. The van der Waals surface area contributed by atoms with E-state index in [1.165, 1.54) is 4.31 Å². The number of nitrogens with zero attached hydrogens (tertiary/aromatic N) is 4. The van der Waals surface area contributed by atoms with Crippen molar-refractivity contribution in [3.05, 3.63) is 102 Å². The summed E-state index contributed by atoms with van der Waals surface area (Å²) in [5.41, 5.74) is 9.25. The van der Waals surface area contributed by atoms with Gasteiger partial charge in [0.2, 0.25) is 0 Å². The number of carbonyl (C=O) groups is 1. The topological polar surface area (TPSA) is 137 Å². The number of fused-ring (bicyclic) bond motifs is 2. The molecule has 5 aromatic rings. The van der Waals surface area contributed by atoms with E-state index in [2.05, 4.69) is 5.32 Å². The van der Waals surface area contributed by atoms with Crippen molar-refractivity contribution >= 4 is 49.6 Å². The van der Waals surface area contributed by atoms with E-state index in [9.17, 15) is 13.2 Å². The fraction of sp³-hybridized carbons (Fsp3) is 0.242. The Morgan fingerprint density at radius 1 is 1.00 bits per heavy atom. The van der Waals surface area contributed by atoms with Gasteiger partial charge in [0.05, 0.1) is 21.6 Å². The minimum atomic E-state index is -4.15. The minimum Gasteiger partial charge on any atom is -0.384 e. The summed E-state index contributed by atoms with van der Waals surface area (Å²) < 4.78 is 32.1. The molecule has 6 rings (SSSR count). The third-order valence-electron chi connectivity index (χ3n) is 8.28. The summed E-state index contributed by atoms with van der Waals surface area (Å²) in [6, 6.07) is 25.6. The Morgan fingerprint density at radius 2 is 1.73 bits per heavy atom. The number of sulfonamides is 1. The molecule has 0 saturated carbocycles. The maximum atomic E-state index is 14.4. The Hall–Kier alpha value is -4.58. The van der Waals surface area contributed by atoms with Crippen LogP contribution in [0.15, 0.2) is 89.8 Å². The standard InChI is InChI=1S/C33H35N7O3S/c1-38-30-14-12-27(21-29(30)37-31(38)15-8-23-6-9-25(10-7-23)33(34)35)40(32(22-41)39-18-16-36-17-19-39)44(42,43)28-13-11-24-4-2-3-5-26(24)20-28/h2-7,9-14,20-22,32,36H,8,15-19H2,1H3,(H3,34,35). The van der Waals surface area contributed by atoms with Gasteiger partial charge in [0.15, 0.2) is 12.5 Å². The number of nitrogens with two attached hydrogens (primary N) is 1. The van der Waals surface area contributed by atoms with E-state index in [4.69, 9.17) is 16.1 Å². The van der Waals surface area contributed by atoms with Gasteiger partial charge in [-0.25, -0.2) is 17.7 Å². The van der Waals surface area contributed by atoms with Crippen LogP contribution in [0, 0.1) is 5.41 Å². The lowest BCUT2D eigenvalue weighted by atomic mass is 10.1. The highest BCUT2D eigenvalue weighted by Gasteiger charge is 2.36. The first-order valence-electron chi connectivity index (χ1n) is 14.6. The Balaban J connectivity index is 1.38. The molecule has 0 aliphatic carbocycles. The number of aryl methyl sites for hydroxylation is 3. The van der Waals surface area contributed by atoms with Gasteiger partial charge in [0, 0.05) is 45.2 Å². The van der Waals surface area contributed by atoms with Crippen LogP contribution in [0.25, 0.3) is 21.8 Å². The van der Waals surface area contributed by atoms with Crippen LogP contribution in [-0.2, 0) is 34.7 Å². The SMILES string of the molecule is Cn1c(CCc2ccc(C(=N)N)cc2)nc2cc(N(C(C=O)N3CCNCC3)S(=O)(=O)c3ccc4ccccc4c3)ccc21. The molecule has 4 N–H and O–H groups in total. The van der Waals surface area contributed by atoms with E-state index in [0.29, 0.717) is 49.4 Å². The van der Waals surface area contributed by atoms with Crippen LogP contribution < -0.4 is 15.4 Å². The van der Waals surface area contributed by atoms with Crippen LogP contribution >= 0.6 is 0 Å². The molecule has 0 amide bonds. The monoisotopic (exact) mass is 609 g/mol. The zero-order valence-electron chi connectivity index (χ0n) is 24.5. The molecule has 0 spiro atoms. The van der Waals surface area contributed by atoms with Gasteiger partial charge in [-0.2, -0.15) is 0 Å². The van der Waals surface area contributed by atoms with Gasteiger partial charge in [0.25, 0.3) is 10.0 Å². The first-order chi connectivity index (χ1) is 21.3. The van der Waals surface area contributed by atoms with Crippen molar-refractivity contribution in [2.24, 2.45) is 12.8 Å². The van der Waals surface area contributed by atoms with Crippen molar-refractivity contribution in [1.82, 2.24) is 19.8 Å². The molecule has 1 aliphatic rings. The van der Waals surface area contributed by atoms with E-state index in [0.717, 1.165) is 40.4 Å². The highest BCUT2D eigenvalue weighted by atomic mass is 32.2. The van der Waals surface area contributed by atoms with Gasteiger partial charge in [0.1, 0.15) is 11.7 Å². The van der Waals surface area contributed by atoms with Crippen molar-refractivity contribution in [3.63, 3.8) is 0 Å². The smallest absolute Gasteiger partial charge is 0.266 e. The van der Waals surface area contributed by atoms with Gasteiger partial charge in [-0.1, -0.05) is 54.6 Å². The molecule has 1 aromatic heterocycles. The number of nitrogens with one attached hydrogen (secondary N) is 2. The molecule has 1 atom stereocenters. The second-order valence-electron chi connectivity index (χ2n) is 11.0. The van der Waals surface area contributed by atoms with Gasteiger partial charge < -0.3 is 15.6 Å². The lowest BCUT2D eigenvalue weighted by Crippen LogP contribution is -2.57. The van der Waals surface area contributed by atoms with Crippen molar-refractivity contribution in [1.29, 1.82) is 5.41 Å².